The molecule has 0 fully saturated rings. The standard InChI is InChI=1S/C14H14N2O2/c1-18-13-7-3-2-5-10(13)9-12(17)11-6-4-8-16-14(11)15/h2-8H,9H2,1H3,(H2,15,16). The SMILES string of the molecule is COc1ccccc1CC(=O)c1cccnc1N. The van der Waals surface area contributed by atoms with Crippen LogP contribution in [0.2, 0.25) is 0 Å². The van der Waals surface area contributed by atoms with E-state index in [4.69, 9.17) is 10.5 Å². The van der Waals surface area contributed by atoms with Crippen LogP contribution in [-0.2, 0) is 6.42 Å². The van der Waals surface area contributed by atoms with Gasteiger partial charge in [-0.1, -0.05) is 18.2 Å². The molecule has 0 spiro atoms. The van der Waals surface area contributed by atoms with Gasteiger partial charge in [0.1, 0.15) is 11.6 Å². The summed E-state index contributed by atoms with van der Waals surface area (Å²) in [4.78, 5) is 16.0. The fourth-order valence-corrected chi connectivity index (χ4v) is 1.77. The van der Waals surface area contributed by atoms with E-state index in [1.165, 1.54) is 0 Å². The first-order valence-electron chi connectivity index (χ1n) is 5.58. The summed E-state index contributed by atoms with van der Waals surface area (Å²) in [7, 11) is 1.59. The monoisotopic (exact) mass is 242 g/mol. The fourth-order valence-electron chi connectivity index (χ4n) is 1.77. The molecular weight excluding hydrogens is 228 g/mol. The van der Waals surface area contributed by atoms with Crippen molar-refractivity contribution in [2.45, 2.75) is 6.42 Å². The zero-order valence-corrected chi connectivity index (χ0v) is 10.1. The third-order valence-corrected chi connectivity index (χ3v) is 2.68. The molecule has 0 aliphatic rings. The van der Waals surface area contributed by atoms with Gasteiger partial charge in [0, 0.05) is 18.2 Å². The number of methoxy groups -OCH3 is 1. The Hall–Kier alpha value is -2.36. The van der Waals surface area contributed by atoms with Crippen molar-refractivity contribution >= 4 is 11.6 Å². The van der Waals surface area contributed by atoms with Crippen molar-refractivity contribution < 1.29 is 9.53 Å². The van der Waals surface area contributed by atoms with Gasteiger partial charge in [-0.3, -0.25) is 4.79 Å². The van der Waals surface area contributed by atoms with Crippen LogP contribution in [0.3, 0.4) is 0 Å². The molecule has 18 heavy (non-hydrogen) atoms. The first-order valence-corrected chi connectivity index (χ1v) is 5.58. The largest absolute Gasteiger partial charge is 0.496 e. The summed E-state index contributed by atoms with van der Waals surface area (Å²) in [6.07, 6.45) is 1.81. The molecule has 0 saturated heterocycles. The molecule has 1 aromatic heterocycles. The first kappa shape index (κ1) is 12.1. The number of pyridine rings is 1. The van der Waals surface area contributed by atoms with Crippen LogP contribution in [0, 0.1) is 0 Å². The zero-order chi connectivity index (χ0) is 13.0. The molecule has 0 saturated carbocycles. The van der Waals surface area contributed by atoms with Gasteiger partial charge in [0.15, 0.2) is 5.78 Å². The third kappa shape index (κ3) is 2.48. The van der Waals surface area contributed by atoms with Crippen LogP contribution in [0.15, 0.2) is 42.6 Å². The van der Waals surface area contributed by atoms with E-state index in [9.17, 15) is 4.79 Å². The van der Waals surface area contributed by atoms with Gasteiger partial charge in [-0.2, -0.15) is 0 Å². The Morgan fingerprint density at radius 1 is 1.28 bits per heavy atom. The molecule has 2 N–H and O–H groups in total. The average molecular weight is 242 g/mol. The molecule has 0 bridgehead atoms. The lowest BCUT2D eigenvalue weighted by atomic mass is 10.0. The lowest BCUT2D eigenvalue weighted by Gasteiger charge is -2.08. The van der Waals surface area contributed by atoms with Crippen LogP contribution in [0.4, 0.5) is 5.82 Å². The number of hydrogen-bond donors (Lipinski definition) is 1. The van der Waals surface area contributed by atoms with Crippen LogP contribution in [0.25, 0.3) is 0 Å². The van der Waals surface area contributed by atoms with Crippen LogP contribution >= 0.6 is 0 Å². The van der Waals surface area contributed by atoms with Crippen molar-refractivity contribution in [3.8, 4) is 5.75 Å². The van der Waals surface area contributed by atoms with E-state index in [2.05, 4.69) is 4.98 Å². The van der Waals surface area contributed by atoms with Gasteiger partial charge in [0.2, 0.25) is 0 Å². The van der Waals surface area contributed by atoms with Crippen molar-refractivity contribution in [3.63, 3.8) is 0 Å². The van der Waals surface area contributed by atoms with Crippen LogP contribution < -0.4 is 10.5 Å². The summed E-state index contributed by atoms with van der Waals surface area (Å²) in [5.74, 6) is 0.899. The van der Waals surface area contributed by atoms with Gasteiger partial charge in [-0.25, -0.2) is 4.98 Å². The number of nitrogens with zero attached hydrogens (tertiary/aromatic N) is 1. The Balaban J connectivity index is 2.24. The molecule has 92 valence electrons. The molecule has 0 aliphatic carbocycles. The molecule has 4 heteroatoms. The smallest absolute Gasteiger partial charge is 0.171 e. The summed E-state index contributed by atoms with van der Waals surface area (Å²) in [5, 5.41) is 0. The number of nitrogens with two attached hydrogens (primary N) is 1. The number of anilines is 1. The Labute approximate surface area is 105 Å². The van der Waals surface area contributed by atoms with Crippen molar-refractivity contribution in [2.75, 3.05) is 12.8 Å². The molecule has 0 amide bonds. The number of carbonyl (C=O) groups is 1. The predicted molar refractivity (Wildman–Crippen MR) is 69.7 cm³/mol. The maximum Gasteiger partial charge on any atom is 0.171 e. The highest BCUT2D eigenvalue weighted by molar-refractivity contribution is 6.01. The number of rotatable bonds is 4. The summed E-state index contributed by atoms with van der Waals surface area (Å²) >= 11 is 0. The normalized spacial score (nSPS) is 10.1. The van der Waals surface area contributed by atoms with E-state index < -0.39 is 0 Å². The highest BCUT2D eigenvalue weighted by Crippen LogP contribution is 2.20. The quantitative estimate of drug-likeness (QED) is 0.834. The summed E-state index contributed by atoms with van der Waals surface area (Å²) in [6.45, 7) is 0. The van der Waals surface area contributed by atoms with Crippen molar-refractivity contribution in [2.24, 2.45) is 0 Å². The van der Waals surface area contributed by atoms with Crippen molar-refractivity contribution in [1.82, 2.24) is 4.98 Å². The Kier molecular flexibility index (Phi) is 3.57. The number of nitrogen functional groups attached to an aromatic ring is 1. The second-order valence-corrected chi connectivity index (χ2v) is 3.85. The Morgan fingerprint density at radius 2 is 2.06 bits per heavy atom. The number of benzene rings is 1. The Morgan fingerprint density at radius 3 is 2.78 bits per heavy atom. The van der Waals surface area contributed by atoms with E-state index in [0.717, 1.165) is 5.56 Å². The molecule has 4 nitrogen and oxygen atoms in total. The van der Waals surface area contributed by atoms with Gasteiger partial charge in [0.05, 0.1) is 12.7 Å². The average Bonchev–Trinajstić information content (AvgIpc) is 2.39. The lowest BCUT2D eigenvalue weighted by Crippen LogP contribution is -2.08. The molecule has 1 aromatic carbocycles. The number of ketones is 1. The van der Waals surface area contributed by atoms with Gasteiger partial charge < -0.3 is 10.5 Å². The van der Waals surface area contributed by atoms with E-state index >= 15 is 0 Å². The minimum atomic E-state index is -0.0647. The minimum absolute atomic E-state index is 0.0647. The number of ether oxygens (including phenoxy) is 1. The summed E-state index contributed by atoms with van der Waals surface area (Å²) in [6, 6.07) is 10.8. The maximum atomic E-state index is 12.1. The molecule has 0 aliphatic heterocycles. The number of hydrogen-bond acceptors (Lipinski definition) is 4. The third-order valence-electron chi connectivity index (χ3n) is 2.68. The molecule has 2 rings (SSSR count). The first-order chi connectivity index (χ1) is 8.72. The van der Waals surface area contributed by atoms with E-state index in [-0.39, 0.29) is 18.0 Å². The summed E-state index contributed by atoms with van der Waals surface area (Å²) in [5.41, 5.74) is 6.97. The van der Waals surface area contributed by atoms with Gasteiger partial charge in [-0.05, 0) is 18.2 Å². The van der Waals surface area contributed by atoms with E-state index in [0.29, 0.717) is 11.3 Å². The van der Waals surface area contributed by atoms with Crippen molar-refractivity contribution in [3.05, 3.63) is 53.7 Å². The lowest BCUT2D eigenvalue weighted by molar-refractivity contribution is 0.0992. The second kappa shape index (κ2) is 5.31. The predicted octanol–water partition coefficient (Wildman–Crippen LogP) is 2.10. The number of carbonyl (C=O) groups excluding carboxylic acids is 1. The molecule has 0 unspecified atom stereocenters. The van der Waals surface area contributed by atoms with Gasteiger partial charge >= 0.3 is 0 Å². The zero-order valence-electron chi connectivity index (χ0n) is 10.1. The molecule has 1 heterocycles. The van der Waals surface area contributed by atoms with E-state index in [1.54, 1.807) is 25.4 Å². The topological polar surface area (TPSA) is 65.2 Å². The number of aromatic nitrogens is 1. The molecule has 0 radical (unpaired) electrons. The van der Waals surface area contributed by atoms with Crippen LogP contribution in [-0.4, -0.2) is 17.9 Å². The van der Waals surface area contributed by atoms with E-state index in [1.807, 2.05) is 24.3 Å². The summed E-state index contributed by atoms with van der Waals surface area (Å²) < 4.78 is 5.21. The minimum Gasteiger partial charge on any atom is -0.496 e. The number of Topliss-reactive ketones (excluding diaryl/α,β-unsaturated/α-hetero) is 1. The fraction of sp³-hybridized carbons (Fsp3) is 0.143. The highest BCUT2D eigenvalue weighted by Gasteiger charge is 2.13. The molecule has 2 aromatic rings. The van der Waals surface area contributed by atoms with Gasteiger partial charge in [-0.15, -0.1) is 0 Å². The van der Waals surface area contributed by atoms with Gasteiger partial charge in [0.25, 0.3) is 0 Å². The highest BCUT2D eigenvalue weighted by atomic mass is 16.5. The van der Waals surface area contributed by atoms with Crippen LogP contribution in [0.5, 0.6) is 5.75 Å². The van der Waals surface area contributed by atoms with Crippen molar-refractivity contribution in [1.29, 1.82) is 0 Å². The van der Waals surface area contributed by atoms with Crippen LogP contribution in [0.1, 0.15) is 15.9 Å². The Bertz CT molecular complexity index is 567. The molecular formula is C14H14N2O2. The maximum absolute atomic E-state index is 12.1. The molecule has 0 atom stereocenters. The number of para-hydroxylation sites is 1. The second-order valence-electron chi connectivity index (χ2n) is 3.85.